The number of para-hydroxylation sites is 1. The lowest BCUT2D eigenvalue weighted by atomic mass is 10.1. The number of nitrogens with two attached hydrogens (primary N) is 1. The fourth-order valence-corrected chi connectivity index (χ4v) is 2.60. The second kappa shape index (κ2) is 7.67. The molecule has 0 aliphatic carbocycles. The first-order valence-electron chi connectivity index (χ1n) is 7.74. The second-order valence-corrected chi connectivity index (χ2v) is 6.12. The Hall–Kier alpha value is -2.71. The molecule has 0 aliphatic heterocycles. The van der Waals surface area contributed by atoms with E-state index in [0.717, 1.165) is 22.4 Å². The third-order valence-corrected chi connectivity index (χ3v) is 4.33. The van der Waals surface area contributed by atoms with Crippen molar-refractivity contribution in [2.75, 3.05) is 11.1 Å². The lowest BCUT2D eigenvalue weighted by molar-refractivity contribution is 0.613. The van der Waals surface area contributed by atoms with Crippen LogP contribution in [0.5, 0.6) is 0 Å². The van der Waals surface area contributed by atoms with E-state index in [4.69, 9.17) is 28.9 Å². The van der Waals surface area contributed by atoms with Gasteiger partial charge in [0.15, 0.2) is 5.82 Å². The third kappa shape index (κ3) is 3.92. The average Bonchev–Trinajstić information content (AvgIpc) is 2.62. The summed E-state index contributed by atoms with van der Waals surface area (Å²) in [5.74, 6) is 0.572. The number of nitrogens with one attached hydrogen (secondary N) is 1. The van der Waals surface area contributed by atoms with E-state index in [1.165, 1.54) is 6.20 Å². The number of rotatable bonds is 5. The number of aromatic nitrogens is 5. The maximum absolute atomic E-state index is 12.1. The van der Waals surface area contributed by atoms with Crippen LogP contribution in [0.25, 0.3) is 0 Å². The highest BCUT2D eigenvalue weighted by Crippen LogP contribution is 2.19. The van der Waals surface area contributed by atoms with Gasteiger partial charge in [-0.25, -0.2) is 4.68 Å². The van der Waals surface area contributed by atoms with Gasteiger partial charge in [0.2, 0.25) is 11.9 Å². The van der Waals surface area contributed by atoms with E-state index in [9.17, 15) is 4.79 Å². The Balaban J connectivity index is 1.91. The predicted octanol–water partition coefficient (Wildman–Crippen LogP) is 2.67. The molecule has 0 unspecified atom stereocenters. The molecule has 1 aromatic carbocycles. The normalized spacial score (nSPS) is 10.7. The predicted molar refractivity (Wildman–Crippen MR) is 101 cm³/mol. The zero-order chi connectivity index (χ0) is 18.7. The van der Waals surface area contributed by atoms with Gasteiger partial charge in [-0.3, -0.25) is 4.79 Å². The number of anilines is 3. The largest absolute Gasteiger partial charge is 0.368 e. The molecule has 2 aromatic heterocycles. The molecule has 3 rings (SSSR count). The van der Waals surface area contributed by atoms with Crippen LogP contribution in [0.1, 0.15) is 18.3 Å². The van der Waals surface area contributed by atoms with Crippen molar-refractivity contribution >= 4 is 40.8 Å². The van der Waals surface area contributed by atoms with E-state index in [2.05, 4.69) is 32.3 Å². The molecule has 0 aliphatic rings. The van der Waals surface area contributed by atoms with Crippen LogP contribution in [0.15, 0.2) is 35.3 Å². The van der Waals surface area contributed by atoms with E-state index in [1.54, 1.807) is 0 Å². The van der Waals surface area contributed by atoms with Gasteiger partial charge in [-0.1, -0.05) is 48.3 Å². The Morgan fingerprint density at radius 1 is 1.19 bits per heavy atom. The van der Waals surface area contributed by atoms with E-state index in [1.807, 2.05) is 24.3 Å². The summed E-state index contributed by atoms with van der Waals surface area (Å²) in [5.41, 5.74) is 7.21. The van der Waals surface area contributed by atoms with Crippen molar-refractivity contribution in [3.8, 4) is 0 Å². The minimum absolute atomic E-state index is 0.0213. The number of hydrogen-bond acceptors (Lipinski definition) is 7. The number of benzene rings is 1. The number of nitrogens with zero attached hydrogens (tertiary/aromatic N) is 5. The minimum atomic E-state index is -0.538. The van der Waals surface area contributed by atoms with Gasteiger partial charge in [0.05, 0.1) is 11.2 Å². The molecule has 3 N–H and O–H groups in total. The van der Waals surface area contributed by atoms with Gasteiger partial charge < -0.3 is 11.1 Å². The quantitative estimate of drug-likeness (QED) is 0.687. The summed E-state index contributed by atoms with van der Waals surface area (Å²) < 4.78 is 1.10. The average molecular weight is 392 g/mol. The Bertz CT molecular complexity index is 1010. The Labute approximate surface area is 159 Å². The summed E-state index contributed by atoms with van der Waals surface area (Å²) in [5, 5.41) is 7.03. The Morgan fingerprint density at radius 2 is 1.96 bits per heavy atom. The number of halogens is 2. The Kier molecular flexibility index (Phi) is 5.34. The van der Waals surface area contributed by atoms with Crippen molar-refractivity contribution < 1.29 is 0 Å². The third-order valence-electron chi connectivity index (χ3n) is 3.58. The van der Waals surface area contributed by atoms with Gasteiger partial charge in [0.1, 0.15) is 11.6 Å². The minimum Gasteiger partial charge on any atom is -0.368 e. The SMILES string of the molecule is CCc1ccccc1Nc1nc(N)nc(Cn2ncc(Cl)c(Cl)c2=O)n1. The van der Waals surface area contributed by atoms with Crippen molar-refractivity contribution in [1.29, 1.82) is 0 Å². The standard InChI is InChI=1S/C16H15Cl2N7O/c1-2-9-5-3-4-6-11(9)21-16-23-12(22-15(19)24-16)8-25-14(26)13(18)10(17)7-20-25/h3-7H,2,8H2,1H3,(H3,19,21,22,23,24). The number of aryl methyl sites for hydroxylation is 1. The maximum atomic E-state index is 12.1. The number of hydrogen-bond donors (Lipinski definition) is 2. The lowest BCUT2D eigenvalue weighted by Gasteiger charge is -2.11. The van der Waals surface area contributed by atoms with Crippen LogP contribution in [0.4, 0.5) is 17.6 Å². The van der Waals surface area contributed by atoms with Crippen molar-refractivity contribution in [2.45, 2.75) is 19.9 Å². The lowest BCUT2D eigenvalue weighted by Crippen LogP contribution is -2.25. The highest BCUT2D eigenvalue weighted by molar-refractivity contribution is 6.41. The molecule has 8 nitrogen and oxygen atoms in total. The summed E-state index contributed by atoms with van der Waals surface area (Å²) in [4.78, 5) is 24.5. The molecule has 0 saturated heterocycles. The van der Waals surface area contributed by atoms with E-state index in [0.29, 0.717) is 0 Å². The molecule has 0 spiro atoms. The van der Waals surface area contributed by atoms with Gasteiger partial charge >= 0.3 is 0 Å². The first-order chi connectivity index (χ1) is 12.5. The summed E-state index contributed by atoms with van der Waals surface area (Å²) in [6, 6.07) is 7.79. The number of nitrogen functional groups attached to an aromatic ring is 1. The highest BCUT2D eigenvalue weighted by atomic mass is 35.5. The van der Waals surface area contributed by atoms with Crippen LogP contribution in [-0.4, -0.2) is 24.7 Å². The summed E-state index contributed by atoms with van der Waals surface area (Å²) >= 11 is 11.6. The van der Waals surface area contributed by atoms with Crippen molar-refractivity contribution in [3.63, 3.8) is 0 Å². The molecule has 0 bridgehead atoms. The van der Waals surface area contributed by atoms with Crippen molar-refractivity contribution in [2.24, 2.45) is 0 Å². The highest BCUT2D eigenvalue weighted by Gasteiger charge is 2.12. The molecule has 0 saturated carbocycles. The first kappa shape index (κ1) is 18.1. The van der Waals surface area contributed by atoms with Crippen LogP contribution < -0.4 is 16.6 Å². The molecule has 0 radical (unpaired) electrons. The topological polar surface area (TPSA) is 112 Å². The van der Waals surface area contributed by atoms with Gasteiger partial charge in [-0.2, -0.15) is 20.1 Å². The zero-order valence-corrected chi connectivity index (χ0v) is 15.3. The van der Waals surface area contributed by atoms with Crippen LogP contribution in [0.3, 0.4) is 0 Å². The molecule has 26 heavy (non-hydrogen) atoms. The van der Waals surface area contributed by atoms with Gasteiger partial charge in [-0.15, -0.1) is 0 Å². The molecule has 3 aromatic rings. The van der Waals surface area contributed by atoms with Gasteiger partial charge in [0, 0.05) is 5.69 Å². The summed E-state index contributed by atoms with van der Waals surface area (Å²) in [6.45, 7) is 2.03. The van der Waals surface area contributed by atoms with E-state index >= 15 is 0 Å². The van der Waals surface area contributed by atoms with Crippen molar-refractivity contribution in [1.82, 2.24) is 24.7 Å². The van der Waals surface area contributed by atoms with Crippen LogP contribution in [0, 0.1) is 0 Å². The zero-order valence-electron chi connectivity index (χ0n) is 13.8. The van der Waals surface area contributed by atoms with E-state index in [-0.39, 0.29) is 34.3 Å². The molecule has 10 heteroatoms. The molecule has 0 fully saturated rings. The maximum Gasteiger partial charge on any atom is 0.287 e. The molecule has 2 heterocycles. The van der Waals surface area contributed by atoms with Gasteiger partial charge in [-0.05, 0) is 18.1 Å². The molecule has 0 amide bonds. The van der Waals surface area contributed by atoms with Gasteiger partial charge in [0.25, 0.3) is 5.56 Å². The summed E-state index contributed by atoms with van der Waals surface area (Å²) in [7, 11) is 0. The first-order valence-corrected chi connectivity index (χ1v) is 8.50. The Morgan fingerprint density at radius 3 is 2.73 bits per heavy atom. The fraction of sp³-hybridized carbons (Fsp3) is 0.188. The van der Waals surface area contributed by atoms with Crippen LogP contribution >= 0.6 is 23.2 Å². The second-order valence-electron chi connectivity index (χ2n) is 5.34. The molecule has 0 atom stereocenters. The van der Waals surface area contributed by atoms with Crippen LogP contribution in [0.2, 0.25) is 10.0 Å². The molecular weight excluding hydrogens is 377 g/mol. The molecule has 134 valence electrons. The van der Waals surface area contributed by atoms with Crippen LogP contribution in [-0.2, 0) is 13.0 Å². The van der Waals surface area contributed by atoms with Crippen molar-refractivity contribution in [3.05, 3.63) is 62.2 Å². The molecular formula is C16H15Cl2N7O. The smallest absolute Gasteiger partial charge is 0.287 e. The monoisotopic (exact) mass is 391 g/mol. The van der Waals surface area contributed by atoms with E-state index < -0.39 is 5.56 Å². The summed E-state index contributed by atoms with van der Waals surface area (Å²) in [6.07, 6.45) is 2.13. The fourth-order valence-electron chi connectivity index (χ4n) is 2.33.